The standard InChI is InChI=1S/C10H14FNO2/c1-6-3-7(8(13)5-12)10(11)9(4-6)14-2/h3-4,8,13H,5,12H2,1-2H3. The zero-order valence-electron chi connectivity index (χ0n) is 8.25. The summed E-state index contributed by atoms with van der Waals surface area (Å²) < 4.78 is 18.4. The van der Waals surface area contributed by atoms with Crippen molar-refractivity contribution in [2.45, 2.75) is 13.0 Å². The van der Waals surface area contributed by atoms with Gasteiger partial charge in [-0.3, -0.25) is 0 Å². The maximum atomic E-state index is 13.5. The van der Waals surface area contributed by atoms with Gasteiger partial charge in [-0.2, -0.15) is 0 Å². The Labute approximate surface area is 82.3 Å². The van der Waals surface area contributed by atoms with Crippen LogP contribution >= 0.6 is 0 Å². The highest BCUT2D eigenvalue weighted by molar-refractivity contribution is 5.37. The Bertz CT molecular complexity index is 328. The number of methoxy groups -OCH3 is 1. The van der Waals surface area contributed by atoms with E-state index in [0.29, 0.717) is 0 Å². The largest absolute Gasteiger partial charge is 0.494 e. The van der Waals surface area contributed by atoms with Gasteiger partial charge in [0.2, 0.25) is 0 Å². The van der Waals surface area contributed by atoms with E-state index in [9.17, 15) is 9.50 Å². The van der Waals surface area contributed by atoms with Crippen molar-refractivity contribution < 1.29 is 14.2 Å². The van der Waals surface area contributed by atoms with Crippen molar-refractivity contribution >= 4 is 0 Å². The molecule has 14 heavy (non-hydrogen) atoms. The lowest BCUT2D eigenvalue weighted by Crippen LogP contribution is -2.13. The monoisotopic (exact) mass is 199 g/mol. The first-order valence-corrected chi connectivity index (χ1v) is 4.32. The molecule has 0 amide bonds. The fourth-order valence-corrected chi connectivity index (χ4v) is 1.28. The summed E-state index contributed by atoms with van der Waals surface area (Å²) in [6.07, 6.45) is -0.983. The van der Waals surface area contributed by atoms with Gasteiger partial charge in [-0.1, -0.05) is 6.07 Å². The van der Waals surface area contributed by atoms with Crippen molar-refractivity contribution in [3.05, 3.63) is 29.1 Å². The number of halogens is 1. The lowest BCUT2D eigenvalue weighted by Gasteiger charge is -2.12. The molecule has 1 atom stereocenters. The van der Waals surface area contributed by atoms with Crippen molar-refractivity contribution in [1.29, 1.82) is 0 Å². The van der Waals surface area contributed by atoms with Gasteiger partial charge in [-0.25, -0.2) is 4.39 Å². The highest BCUT2D eigenvalue weighted by atomic mass is 19.1. The Hall–Kier alpha value is -1.13. The van der Waals surface area contributed by atoms with Crippen LogP contribution < -0.4 is 10.5 Å². The van der Waals surface area contributed by atoms with E-state index >= 15 is 0 Å². The van der Waals surface area contributed by atoms with Gasteiger partial charge < -0.3 is 15.6 Å². The van der Waals surface area contributed by atoms with E-state index < -0.39 is 11.9 Å². The highest BCUT2D eigenvalue weighted by Crippen LogP contribution is 2.26. The summed E-state index contributed by atoms with van der Waals surface area (Å²) in [5.41, 5.74) is 6.27. The number of hydrogen-bond acceptors (Lipinski definition) is 3. The van der Waals surface area contributed by atoms with Crippen LogP contribution in [0.4, 0.5) is 4.39 Å². The van der Waals surface area contributed by atoms with Gasteiger partial charge in [0.25, 0.3) is 0 Å². The van der Waals surface area contributed by atoms with Crippen molar-refractivity contribution in [2.75, 3.05) is 13.7 Å². The summed E-state index contributed by atoms with van der Waals surface area (Å²) in [4.78, 5) is 0. The van der Waals surface area contributed by atoms with E-state index in [0.717, 1.165) is 5.56 Å². The topological polar surface area (TPSA) is 55.5 Å². The fourth-order valence-electron chi connectivity index (χ4n) is 1.28. The molecule has 1 unspecified atom stereocenters. The molecule has 0 aliphatic carbocycles. The number of aliphatic hydroxyl groups is 1. The quantitative estimate of drug-likeness (QED) is 0.767. The summed E-state index contributed by atoms with van der Waals surface area (Å²) in [5, 5.41) is 9.43. The summed E-state index contributed by atoms with van der Waals surface area (Å²) in [5.74, 6) is -0.413. The van der Waals surface area contributed by atoms with Gasteiger partial charge in [0.1, 0.15) is 0 Å². The number of aryl methyl sites for hydroxylation is 1. The van der Waals surface area contributed by atoms with Crippen LogP contribution in [-0.4, -0.2) is 18.8 Å². The van der Waals surface area contributed by atoms with Crippen LogP contribution in [0.2, 0.25) is 0 Å². The Morgan fingerprint density at radius 3 is 2.71 bits per heavy atom. The number of ether oxygens (including phenoxy) is 1. The molecule has 4 heteroatoms. The summed E-state index contributed by atoms with van der Waals surface area (Å²) in [7, 11) is 1.39. The van der Waals surface area contributed by atoms with Gasteiger partial charge in [-0.15, -0.1) is 0 Å². The van der Waals surface area contributed by atoms with Gasteiger partial charge in [0.05, 0.1) is 13.2 Å². The average molecular weight is 199 g/mol. The molecule has 0 radical (unpaired) electrons. The number of rotatable bonds is 3. The number of aliphatic hydroxyl groups excluding tert-OH is 1. The van der Waals surface area contributed by atoms with Gasteiger partial charge in [0.15, 0.2) is 11.6 Å². The molecule has 0 spiro atoms. The second kappa shape index (κ2) is 4.39. The van der Waals surface area contributed by atoms with Gasteiger partial charge >= 0.3 is 0 Å². The highest BCUT2D eigenvalue weighted by Gasteiger charge is 2.15. The molecule has 0 saturated carbocycles. The molecule has 0 fully saturated rings. The zero-order chi connectivity index (χ0) is 10.7. The molecule has 0 heterocycles. The third kappa shape index (κ3) is 2.02. The average Bonchev–Trinajstić information content (AvgIpc) is 2.19. The minimum Gasteiger partial charge on any atom is -0.494 e. The normalized spacial score (nSPS) is 12.6. The van der Waals surface area contributed by atoms with E-state index in [1.165, 1.54) is 7.11 Å². The van der Waals surface area contributed by atoms with Crippen molar-refractivity contribution in [2.24, 2.45) is 5.73 Å². The van der Waals surface area contributed by atoms with Crippen molar-refractivity contribution in [3.8, 4) is 5.75 Å². The summed E-state index contributed by atoms with van der Waals surface area (Å²) >= 11 is 0. The minimum atomic E-state index is -0.983. The molecule has 0 aliphatic rings. The predicted molar refractivity (Wildman–Crippen MR) is 51.7 cm³/mol. The summed E-state index contributed by atoms with van der Waals surface area (Å²) in [6.45, 7) is 1.79. The van der Waals surface area contributed by atoms with E-state index in [1.807, 2.05) is 0 Å². The Balaban J connectivity index is 3.21. The maximum Gasteiger partial charge on any atom is 0.170 e. The molecule has 0 aromatic heterocycles. The molecule has 0 bridgehead atoms. The molecule has 3 nitrogen and oxygen atoms in total. The van der Waals surface area contributed by atoms with Crippen LogP contribution in [0.25, 0.3) is 0 Å². The Kier molecular flexibility index (Phi) is 3.43. The van der Waals surface area contributed by atoms with Crippen molar-refractivity contribution in [3.63, 3.8) is 0 Å². The smallest absolute Gasteiger partial charge is 0.170 e. The van der Waals surface area contributed by atoms with Crippen LogP contribution in [0.5, 0.6) is 5.75 Å². The number of hydrogen-bond donors (Lipinski definition) is 2. The second-order valence-corrected chi connectivity index (χ2v) is 3.12. The van der Waals surface area contributed by atoms with E-state index in [4.69, 9.17) is 10.5 Å². The Morgan fingerprint density at radius 2 is 2.21 bits per heavy atom. The van der Waals surface area contributed by atoms with E-state index in [-0.39, 0.29) is 17.9 Å². The molecule has 78 valence electrons. The third-order valence-electron chi connectivity index (χ3n) is 2.01. The Morgan fingerprint density at radius 1 is 1.57 bits per heavy atom. The third-order valence-corrected chi connectivity index (χ3v) is 2.01. The first-order valence-electron chi connectivity index (χ1n) is 4.32. The first kappa shape index (κ1) is 10.9. The van der Waals surface area contributed by atoms with Gasteiger partial charge in [0, 0.05) is 12.1 Å². The molecule has 3 N–H and O–H groups in total. The molecule has 1 aromatic carbocycles. The molecule has 1 aromatic rings. The molecular weight excluding hydrogens is 185 g/mol. The minimum absolute atomic E-state index is 0.0104. The van der Waals surface area contributed by atoms with Crippen LogP contribution in [0.3, 0.4) is 0 Å². The summed E-state index contributed by atoms with van der Waals surface area (Å²) in [6, 6.07) is 3.14. The predicted octanol–water partition coefficient (Wildman–Crippen LogP) is 1.13. The first-order chi connectivity index (χ1) is 6.60. The lowest BCUT2D eigenvalue weighted by atomic mass is 10.1. The van der Waals surface area contributed by atoms with Crippen LogP contribution in [-0.2, 0) is 0 Å². The maximum absolute atomic E-state index is 13.5. The number of benzene rings is 1. The fraction of sp³-hybridized carbons (Fsp3) is 0.400. The van der Waals surface area contributed by atoms with Crippen LogP contribution in [0, 0.1) is 12.7 Å². The molecule has 0 saturated heterocycles. The molecular formula is C10H14FNO2. The number of nitrogens with two attached hydrogens (primary N) is 1. The second-order valence-electron chi connectivity index (χ2n) is 3.12. The SMILES string of the molecule is COc1cc(C)cc(C(O)CN)c1F. The zero-order valence-corrected chi connectivity index (χ0v) is 8.25. The van der Waals surface area contributed by atoms with E-state index in [2.05, 4.69) is 0 Å². The van der Waals surface area contributed by atoms with Gasteiger partial charge in [-0.05, 0) is 18.6 Å². The lowest BCUT2D eigenvalue weighted by molar-refractivity contribution is 0.180. The van der Waals surface area contributed by atoms with Crippen molar-refractivity contribution in [1.82, 2.24) is 0 Å². The molecule has 1 rings (SSSR count). The van der Waals surface area contributed by atoms with Crippen LogP contribution in [0.1, 0.15) is 17.2 Å². The molecule has 0 aliphatic heterocycles. The van der Waals surface area contributed by atoms with Crippen LogP contribution in [0.15, 0.2) is 12.1 Å². The van der Waals surface area contributed by atoms with E-state index in [1.54, 1.807) is 19.1 Å².